The molecular formula is C26H31N5O7S. The number of benzene rings is 2. The Balaban J connectivity index is 1.47. The number of aliphatic carboxylic acids is 1. The van der Waals surface area contributed by atoms with Crippen molar-refractivity contribution in [2.24, 2.45) is 0 Å². The van der Waals surface area contributed by atoms with Crippen molar-refractivity contribution in [3.8, 4) is 0 Å². The summed E-state index contributed by atoms with van der Waals surface area (Å²) in [5.74, 6) is -1.83. The van der Waals surface area contributed by atoms with E-state index in [0.29, 0.717) is 10.8 Å². The zero-order valence-corrected chi connectivity index (χ0v) is 22.3. The molecule has 0 aliphatic carbocycles. The standard InChI is InChI=1S/C26H31N5O7S/c1-19-23(25(32)33)24(21-9-5-10-22(17-21)31(35)36)30(26(34)27-19)39(37,38)16-6-11-28-12-14-29(15-13-28)18-20-7-3-2-4-8-20/h2-5,7-10,17,19H,6,11-16,18H2,1H3,(H,27,34)(H,32,33). The van der Waals surface area contributed by atoms with Crippen LogP contribution in [0.25, 0.3) is 5.70 Å². The Labute approximate surface area is 226 Å². The molecule has 2 amide bonds. The first-order chi connectivity index (χ1) is 18.6. The van der Waals surface area contributed by atoms with Crippen molar-refractivity contribution in [3.63, 3.8) is 0 Å². The van der Waals surface area contributed by atoms with Crippen LogP contribution >= 0.6 is 0 Å². The lowest BCUT2D eigenvalue weighted by Crippen LogP contribution is -2.53. The van der Waals surface area contributed by atoms with Gasteiger partial charge in [0.05, 0.1) is 28.0 Å². The van der Waals surface area contributed by atoms with Crippen molar-refractivity contribution in [3.05, 3.63) is 81.4 Å². The van der Waals surface area contributed by atoms with Crippen molar-refractivity contribution in [1.29, 1.82) is 0 Å². The number of hydrogen-bond donors (Lipinski definition) is 2. The fourth-order valence-electron chi connectivity index (χ4n) is 4.90. The van der Waals surface area contributed by atoms with E-state index in [0.717, 1.165) is 38.8 Å². The Morgan fingerprint density at radius 1 is 1.08 bits per heavy atom. The number of carbonyl (C=O) groups excluding carboxylic acids is 1. The van der Waals surface area contributed by atoms with Crippen LogP contribution in [0, 0.1) is 10.1 Å². The highest BCUT2D eigenvalue weighted by atomic mass is 32.2. The summed E-state index contributed by atoms with van der Waals surface area (Å²) >= 11 is 0. The Hall–Kier alpha value is -3.81. The van der Waals surface area contributed by atoms with Gasteiger partial charge in [-0.25, -0.2) is 18.0 Å². The van der Waals surface area contributed by atoms with Crippen LogP contribution in [0.3, 0.4) is 0 Å². The SMILES string of the molecule is CC1NC(=O)N(S(=O)(=O)CCCN2CCN(Cc3ccccc3)CC2)C(c2cccc([N+](=O)[O-])c2)=C1C(=O)O. The van der Waals surface area contributed by atoms with Gasteiger partial charge in [0.25, 0.3) is 5.69 Å². The molecule has 1 atom stereocenters. The van der Waals surface area contributed by atoms with Crippen LogP contribution in [0.2, 0.25) is 0 Å². The van der Waals surface area contributed by atoms with E-state index in [-0.39, 0.29) is 28.9 Å². The van der Waals surface area contributed by atoms with Crippen LogP contribution in [0.15, 0.2) is 60.2 Å². The van der Waals surface area contributed by atoms with E-state index in [4.69, 9.17) is 0 Å². The molecule has 2 N–H and O–H groups in total. The molecule has 0 saturated carbocycles. The summed E-state index contributed by atoms with van der Waals surface area (Å²) in [6.07, 6.45) is 0.227. The molecule has 13 heteroatoms. The molecule has 0 spiro atoms. The summed E-state index contributed by atoms with van der Waals surface area (Å²) in [7, 11) is -4.31. The molecule has 0 radical (unpaired) electrons. The molecule has 39 heavy (non-hydrogen) atoms. The molecule has 4 rings (SSSR count). The van der Waals surface area contributed by atoms with Gasteiger partial charge in [0.1, 0.15) is 0 Å². The van der Waals surface area contributed by atoms with Crippen LogP contribution in [-0.2, 0) is 21.4 Å². The van der Waals surface area contributed by atoms with Crippen molar-refractivity contribution in [2.75, 3.05) is 38.5 Å². The highest BCUT2D eigenvalue weighted by Gasteiger charge is 2.41. The maximum atomic E-state index is 13.4. The molecule has 2 aliphatic heterocycles. The predicted octanol–water partition coefficient (Wildman–Crippen LogP) is 2.34. The molecule has 1 unspecified atom stereocenters. The second-order valence-electron chi connectivity index (χ2n) is 9.58. The van der Waals surface area contributed by atoms with Crippen molar-refractivity contribution in [1.82, 2.24) is 19.4 Å². The Morgan fingerprint density at radius 3 is 2.38 bits per heavy atom. The summed E-state index contributed by atoms with van der Waals surface area (Å²) in [5.41, 5.74) is 0.0956. The number of amides is 2. The average molecular weight is 558 g/mol. The van der Waals surface area contributed by atoms with Gasteiger partial charge in [-0.15, -0.1) is 0 Å². The minimum Gasteiger partial charge on any atom is -0.478 e. The number of non-ortho nitro benzene ring substituents is 1. The molecule has 2 aliphatic rings. The van der Waals surface area contributed by atoms with Crippen LogP contribution in [-0.4, -0.2) is 89.1 Å². The van der Waals surface area contributed by atoms with Crippen LogP contribution in [0.1, 0.15) is 24.5 Å². The lowest BCUT2D eigenvalue weighted by Gasteiger charge is -2.35. The fraction of sp³-hybridized carbons (Fsp3) is 0.385. The molecule has 1 saturated heterocycles. The molecule has 2 aromatic carbocycles. The third kappa shape index (κ3) is 6.61. The summed E-state index contributed by atoms with van der Waals surface area (Å²) in [5, 5.41) is 23.6. The third-order valence-electron chi connectivity index (χ3n) is 6.85. The number of sulfonamides is 1. The van der Waals surface area contributed by atoms with Gasteiger partial charge in [-0.1, -0.05) is 42.5 Å². The summed E-state index contributed by atoms with van der Waals surface area (Å²) < 4.78 is 27.3. The van der Waals surface area contributed by atoms with E-state index in [9.17, 15) is 33.2 Å². The van der Waals surface area contributed by atoms with Gasteiger partial charge in [-0.3, -0.25) is 15.0 Å². The quantitative estimate of drug-likeness (QED) is 0.331. The number of nitrogens with zero attached hydrogens (tertiary/aromatic N) is 4. The van der Waals surface area contributed by atoms with Gasteiger partial charge >= 0.3 is 12.0 Å². The summed E-state index contributed by atoms with van der Waals surface area (Å²) in [6, 6.07) is 13.1. The van der Waals surface area contributed by atoms with Crippen LogP contribution in [0.4, 0.5) is 10.5 Å². The van der Waals surface area contributed by atoms with E-state index in [1.807, 2.05) is 18.2 Å². The van der Waals surface area contributed by atoms with Gasteiger partial charge in [0.2, 0.25) is 10.0 Å². The lowest BCUT2D eigenvalue weighted by molar-refractivity contribution is -0.384. The van der Waals surface area contributed by atoms with Gasteiger partial charge in [0.15, 0.2) is 0 Å². The number of nitro groups is 1. The minimum absolute atomic E-state index is 0.0404. The topological polar surface area (TPSA) is 153 Å². The van der Waals surface area contributed by atoms with Crippen LogP contribution < -0.4 is 5.32 Å². The van der Waals surface area contributed by atoms with Crippen molar-refractivity contribution >= 4 is 33.4 Å². The molecule has 208 valence electrons. The van der Waals surface area contributed by atoms with Gasteiger partial charge in [0, 0.05) is 50.4 Å². The number of nitro benzene ring substituents is 1. The van der Waals surface area contributed by atoms with Gasteiger partial charge in [-0.05, 0) is 25.5 Å². The number of nitrogens with one attached hydrogen (secondary N) is 1. The fourth-order valence-corrected chi connectivity index (χ4v) is 6.36. The van der Waals surface area contributed by atoms with E-state index in [2.05, 4.69) is 27.2 Å². The summed E-state index contributed by atoms with van der Waals surface area (Å²) in [6.45, 7) is 5.99. The molecule has 2 aromatic rings. The smallest absolute Gasteiger partial charge is 0.336 e. The van der Waals surface area contributed by atoms with Gasteiger partial charge < -0.3 is 15.3 Å². The normalized spacial score (nSPS) is 19.2. The predicted molar refractivity (Wildman–Crippen MR) is 144 cm³/mol. The first kappa shape index (κ1) is 28.2. The number of piperazine rings is 1. The lowest BCUT2D eigenvalue weighted by atomic mass is 9.99. The zero-order chi connectivity index (χ0) is 28.2. The molecular weight excluding hydrogens is 526 g/mol. The number of urea groups is 1. The number of carboxylic acid groups (broad SMARTS) is 1. The first-order valence-corrected chi connectivity index (χ1v) is 14.2. The Kier molecular flexibility index (Phi) is 8.63. The van der Waals surface area contributed by atoms with E-state index in [1.165, 1.54) is 30.7 Å². The van der Waals surface area contributed by atoms with Crippen molar-refractivity contribution in [2.45, 2.75) is 25.9 Å². The zero-order valence-electron chi connectivity index (χ0n) is 21.5. The molecule has 2 heterocycles. The molecule has 0 bridgehead atoms. The molecule has 12 nitrogen and oxygen atoms in total. The van der Waals surface area contributed by atoms with E-state index in [1.54, 1.807) is 0 Å². The number of carbonyl (C=O) groups is 2. The highest BCUT2D eigenvalue weighted by Crippen LogP contribution is 2.33. The third-order valence-corrected chi connectivity index (χ3v) is 8.55. The number of carboxylic acids is 1. The highest BCUT2D eigenvalue weighted by molar-refractivity contribution is 7.89. The minimum atomic E-state index is -4.31. The average Bonchev–Trinajstić information content (AvgIpc) is 2.89. The Morgan fingerprint density at radius 2 is 1.74 bits per heavy atom. The second-order valence-corrected chi connectivity index (χ2v) is 11.5. The van der Waals surface area contributed by atoms with E-state index >= 15 is 0 Å². The molecule has 1 fully saturated rings. The Bertz CT molecular complexity index is 1370. The van der Waals surface area contributed by atoms with Crippen molar-refractivity contribution < 1.29 is 28.0 Å². The second kappa shape index (κ2) is 11.9. The van der Waals surface area contributed by atoms with Crippen LogP contribution in [0.5, 0.6) is 0 Å². The maximum absolute atomic E-state index is 13.4. The summed E-state index contributed by atoms with van der Waals surface area (Å²) in [4.78, 5) is 40.2. The van der Waals surface area contributed by atoms with Gasteiger partial charge in [-0.2, -0.15) is 4.31 Å². The van der Waals surface area contributed by atoms with E-state index < -0.39 is 38.7 Å². The maximum Gasteiger partial charge on any atom is 0.336 e. The largest absolute Gasteiger partial charge is 0.478 e. The molecule has 0 aromatic heterocycles. The number of rotatable bonds is 10. The first-order valence-electron chi connectivity index (χ1n) is 12.6. The number of hydrogen-bond acceptors (Lipinski definition) is 8. The monoisotopic (exact) mass is 557 g/mol.